The van der Waals surface area contributed by atoms with Crippen LogP contribution >= 0.6 is 12.2 Å². The standard InChI is InChI=1S/C16H25N3S/c1-4-5-6-7-8-13-9-11-14(12-10-13)19-15(20)17-16(2,3)18-19/h9-12,18H,4-8H2,1-3H3,(H,17,20). The van der Waals surface area contributed by atoms with Crippen molar-refractivity contribution in [1.82, 2.24) is 10.7 Å². The topological polar surface area (TPSA) is 27.3 Å². The molecule has 20 heavy (non-hydrogen) atoms. The second kappa shape index (κ2) is 6.55. The lowest BCUT2D eigenvalue weighted by atomic mass is 10.1. The van der Waals surface area contributed by atoms with E-state index in [1.54, 1.807) is 0 Å². The molecule has 3 nitrogen and oxygen atoms in total. The monoisotopic (exact) mass is 291 g/mol. The molecule has 0 saturated carbocycles. The molecule has 110 valence electrons. The van der Waals surface area contributed by atoms with Crippen LogP contribution in [-0.4, -0.2) is 10.8 Å². The molecular formula is C16H25N3S. The number of benzene rings is 1. The SMILES string of the molecule is CCCCCCc1ccc(N2NC(C)(C)NC2=S)cc1. The summed E-state index contributed by atoms with van der Waals surface area (Å²) in [7, 11) is 0. The van der Waals surface area contributed by atoms with Gasteiger partial charge < -0.3 is 5.32 Å². The number of rotatable bonds is 6. The number of unbranched alkanes of at least 4 members (excludes halogenated alkanes) is 3. The first kappa shape index (κ1) is 15.3. The largest absolute Gasteiger partial charge is 0.342 e. The number of aryl methyl sites for hydroxylation is 1. The Morgan fingerprint density at radius 1 is 1.10 bits per heavy atom. The van der Waals surface area contributed by atoms with Crippen molar-refractivity contribution in [1.29, 1.82) is 0 Å². The smallest absolute Gasteiger partial charge is 0.189 e. The first-order valence-corrected chi connectivity index (χ1v) is 7.92. The minimum atomic E-state index is -0.185. The maximum atomic E-state index is 5.36. The number of thiocarbonyl (C=S) groups is 1. The van der Waals surface area contributed by atoms with Gasteiger partial charge in [0.15, 0.2) is 5.11 Å². The van der Waals surface area contributed by atoms with Crippen LogP contribution in [-0.2, 0) is 6.42 Å². The normalized spacial score (nSPS) is 17.4. The van der Waals surface area contributed by atoms with Gasteiger partial charge in [0.2, 0.25) is 0 Å². The van der Waals surface area contributed by atoms with E-state index in [-0.39, 0.29) is 5.66 Å². The molecule has 1 saturated heterocycles. The fourth-order valence-corrected chi connectivity index (χ4v) is 2.84. The van der Waals surface area contributed by atoms with Crippen molar-refractivity contribution in [2.45, 2.75) is 58.5 Å². The Hall–Kier alpha value is -1.13. The van der Waals surface area contributed by atoms with E-state index in [0.29, 0.717) is 0 Å². The molecular weight excluding hydrogens is 266 g/mol. The summed E-state index contributed by atoms with van der Waals surface area (Å²) < 4.78 is 0. The van der Waals surface area contributed by atoms with Gasteiger partial charge in [-0.25, -0.2) is 5.43 Å². The average molecular weight is 291 g/mol. The summed E-state index contributed by atoms with van der Waals surface area (Å²) in [4.78, 5) is 0. The van der Waals surface area contributed by atoms with E-state index >= 15 is 0 Å². The van der Waals surface area contributed by atoms with E-state index in [1.165, 1.54) is 37.7 Å². The molecule has 0 radical (unpaired) electrons. The van der Waals surface area contributed by atoms with Gasteiger partial charge in [-0.15, -0.1) is 0 Å². The van der Waals surface area contributed by atoms with Gasteiger partial charge in [0, 0.05) is 0 Å². The Morgan fingerprint density at radius 2 is 1.80 bits per heavy atom. The van der Waals surface area contributed by atoms with Gasteiger partial charge >= 0.3 is 0 Å². The zero-order valence-corrected chi connectivity index (χ0v) is 13.5. The molecule has 1 aliphatic heterocycles. The minimum Gasteiger partial charge on any atom is -0.342 e. The van der Waals surface area contributed by atoms with Gasteiger partial charge in [0.25, 0.3) is 0 Å². The van der Waals surface area contributed by atoms with Crippen LogP contribution in [0.15, 0.2) is 24.3 Å². The number of hydrazine groups is 1. The number of hydrogen-bond donors (Lipinski definition) is 2. The summed E-state index contributed by atoms with van der Waals surface area (Å²) >= 11 is 5.36. The predicted octanol–water partition coefficient (Wildman–Crippen LogP) is 3.74. The van der Waals surface area contributed by atoms with Crippen molar-refractivity contribution in [2.24, 2.45) is 0 Å². The summed E-state index contributed by atoms with van der Waals surface area (Å²) in [5, 5.41) is 5.92. The first-order valence-electron chi connectivity index (χ1n) is 7.51. The van der Waals surface area contributed by atoms with E-state index in [9.17, 15) is 0 Å². The zero-order valence-electron chi connectivity index (χ0n) is 12.7. The van der Waals surface area contributed by atoms with Crippen LogP contribution in [0.1, 0.15) is 52.0 Å². The molecule has 1 aromatic rings. The zero-order chi connectivity index (χ0) is 14.6. The lowest BCUT2D eigenvalue weighted by Gasteiger charge is -2.21. The molecule has 0 bridgehead atoms. The molecule has 0 aromatic heterocycles. The maximum absolute atomic E-state index is 5.36. The van der Waals surface area contributed by atoms with Crippen molar-refractivity contribution in [3.8, 4) is 0 Å². The highest BCUT2D eigenvalue weighted by Crippen LogP contribution is 2.20. The summed E-state index contributed by atoms with van der Waals surface area (Å²) in [6.07, 6.45) is 6.41. The van der Waals surface area contributed by atoms with Crippen LogP contribution in [0.4, 0.5) is 5.69 Å². The molecule has 4 heteroatoms. The fourth-order valence-electron chi connectivity index (χ4n) is 2.43. The van der Waals surface area contributed by atoms with Crippen LogP contribution in [0.25, 0.3) is 0 Å². The van der Waals surface area contributed by atoms with Gasteiger partial charge in [0.05, 0.1) is 5.69 Å². The number of hydrogen-bond acceptors (Lipinski definition) is 2. The number of anilines is 1. The third-order valence-electron chi connectivity index (χ3n) is 3.53. The summed E-state index contributed by atoms with van der Waals surface area (Å²) in [6, 6.07) is 8.68. The van der Waals surface area contributed by atoms with Gasteiger partial charge in [-0.05, 0) is 56.6 Å². The first-order chi connectivity index (χ1) is 9.52. The van der Waals surface area contributed by atoms with Crippen molar-refractivity contribution in [2.75, 3.05) is 5.01 Å². The average Bonchev–Trinajstić information content (AvgIpc) is 2.69. The van der Waals surface area contributed by atoms with Crippen LogP contribution in [0.3, 0.4) is 0 Å². The van der Waals surface area contributed by atoms with Gasteiger partial charge in [-0.2, -0.15) is 0 Å². The molecule has 0 aliphatic carbocycles. The van der Waals surface area contributed by atoms with Crippen molar-refractivity contribution in [3.63, 3.8) is 0 Å². The quantitative estimate of drug-likeness (QED) is 0.617. The Balaban J connectivity index is 1.93. The van der Waals surface area contributed by atoms with Crippen molar-refractivity contribution < 1.29 is 0 Å². The van der Waals surface area contributed by atoms with Crippen LogP contribution in [0, 0.1) is 0 Å². The van der Waals surface area contributed by atoms with E-state index in [0.717, 1.165) is 10.8 Å². The molecule has 0 spiro atoms. The van der Waals surface area contributed by atoms with Gasteiger partial charge in [-0.1, -0.05) is 38.3 Å². The third-order valence-corrected chi connectivity index (χ3v) is 3.81. The highest BCUT2D eigenvalue weighted by molar-refractivity contribution is 7.80. The van der Waals surface area contributed by atoms with E-state index in [2.05, 4.69) is 55.8 Å². The van der Waals surface area contributed by atoms with Gasteiger partial charge in [0.1, 0.15) is 5.66 Å². The summed E-state index contributed by atoms with van der Waals surface area (Å²) in [5.41, 5.74) is 5.67. The molecule has 0 amide bonds. The predicted molar refractivity (Wildman–Crippen MR) is 89.7 cm³/mol. The Bertz CT molecular complexity index is 453. The molecule has 1 fully saturated rings. The highest BCUT2D eigenvalue weighted by atomic mass is 32.1. The van der Waals surface area contributed by atoms with E-state index < -0.39 is 0 Å². The molecule has 0 unspecified atom stereocenters. The van der Waals surface area contributed by atoms with Crippen molar-refractivity contribution >= 4 is 23.0 Å². The molecule has 0 atom stereocenters. The maximum Gasteiger partial charge on any atom is 0.189 e. The molecule has 2 N–H and O–H groups in total. The van der Waals surface area contributed by atoms with Crippen LogP contribution < -0.4 is 15.8 Å². The fraction of sp³-hybridized carbons (Fsp3) is 0.562. The lowest BCUT2D eigenvalue weighted by molar-refractivity contribution is 0.415. The molecule has 1 heterocycles. The Labute approximate surface area is 127 Å². The van der Waals surface area contributed by atoms with Crippen LogP contribution in [0.2, 0.25) is 0 Å². The number of nitrogens with zero attached hydrogens (tertiary/aromatic N) is 1. The Kier molecular flexibility index (Phi) is 5.00. The minimum absolute atomic E-state index is 0.185. The Morgan fingerprint density at radius 3 is 2.35 bits per heavy atom. The molecule has 2 rings (SSSR count). The second-order valence-corrected chi connectivity index (χ2v) is 6.37. The lowest BCUT2D eigenvalue weighted by Crippen LogP contribution is -2.45. The van der Waals surface area contributed by atoms with Crippen molar-refractivity contribution in [3.05, 3.63) is 29.8 Å². The second-order valence-electron chi connectivity index (χ2n) is 5.98. The van der Waals surface area contributed by atoms with E-state index in [1.807, 2.05) is 5.01 Å². The van der Waals surface area contributed by atoms with Crippen LogP contribution in [0.5, 0.6) is 0 Å². The summed E-state index contributed by atoms with van der Waals surface area (Å²) in [6.45, 7) is 6.39. The molecule has 1 aliphatic rings. The highest BCUT2D eigenvalue weighted by Gasteiger charge is 2.32. The van der Waals surface area contributed by atoms with Gasteiger partial charge in [-0.3, -0.25) is 5.01 Å². The van der Waals surface area contributed by atoms with E-state index in [4.69, 9.17) is 12.2 Å². The third kappa shape index (κ3) is 3.93. The number of nitrogens with one attached hydrogen (secondary N) is 2. The summed E-state index contributed by atoms with van der Waals surface area (Å²) in [5.74, 6) is 0. The molecule has 1 aromatic carbocycles.